The molecule has 2 aliphatic rings. The standard InChI is InChI=1S/C16H26N4O/c1-2-9-21-16-10-15(18-12-19-16)20-7-5-13(6-8-20)11-17-14-3-4-14/h10,12-14,17H,2-9,11H2,1H3. The van der Waals surface area contributed by atoms with Crippen LogP contribution in [0.2, 0.25) is 0 Å². The molecule has 1 aliphatic carbocycles. The van der Waals surface area contributed by atoms with Crippen molar-refractivity contribution in [2.45, 2.75) is 45.1 Å². The predicted molar refractivity (Wildman–Crippen MR) is 83.8 cm³/mol. The second kappa shape index (κ2) is 7.07. The first-order valence-corrected chi connectivity index (χ1v) is 8.28. The van der Waals surface area contributed by atoms with Crippen molar-refractivity contribution in [1.29, 1.82) is 0 Å². The van der Waals surface area contributed by atoms with Crippen molar-refractivity contribution in [2.24, 2.45) is 5.92 Å². The highest BCUT2D eigenvalue weighted by molar-refractivity contribution is 5.41. The Balaban J connectivity index is 1.48. The molecule has 21 heavy (non-hydrogen) atoms. The molecular weight excluding hydrogens is 264 g/mol. The summed E-state index contributed by atoms with van der Waals surface area (Å²) in [5.74, 6) is 2.52. The summed E-state index contributed by atoms with van der Waals surface area (Å²) >= 11 is 0. The minimum absolute atomic E-state index is 0.694. The van der Waals surface area contributed by atoms with Gasteiger partial charge in [0.05, 0.1) is 6.61 Å². The molecule has 1 aromatic heterocycles. The van der Waals surface area contributed by atoms with Crippen molar-refractivity contribution in [1.82, 2.24) is 15.3 Å². The van der Waals surface area contributed by atoms with Crippen LogP contribution in [-0.4, -0.2) is 42.3 Å². The van der Waals surface area contributed by atoms with Gasteiger partial charge in [-0.05, 0) is 44.6 Å². The van der Waals surface area contributed by atoms with Gasteiger partial charge >= 0.3 is 0 Å². The van der Waals surface area contributed by atoms with E-state index in [1.54, 1.807) is 6.33 Å². The fourth-order valence-electron chi connectivity index (χ4n) is 2.78. The van der Waals surface area contributed by atoms with Crippen LogP contribution >= 0.6 is 0 Å². The predicted octanol–water partition coefficient (Wildman–Crippen LogP) is 2.23. The topological polar surface area (TPSA) is 50.3 Å². The minimum Gasteiger partial charge on any atom is -0.478 e. The van der Waals surface area contributed by atoms with Crippen LogP contribution in [0.5, 0.6) is 5.88 Å². The van der Waals surface area contributed by atoms with E-state index >= 15 is 0 Å². The van der Waals surface area contributed by atoms with Crippen molar-refractivity contribution in [3.63, 3.8) is 0 Å². The van der Waals surface area contributed by atoms with Crippen molar-refractivity contribution in [3.05, 3.63) is 12.4 Å². The first-order valence-electron chi connectivity index (χ1n) is 8.28. The van der Waals surface area contributed by atoms with Crippen LogP contribution in [-0.2, 0) is 0 Å². The third kappa shape index (κ3) is 4.30. The highest BCUT2D eigenvalue weighted by Crippen LogP contribution is 2.24. The fourth-order valence-corrected chi connectivity index (χ4v) is 2.78. The van der Waals surface area contributed by atoms with Crippen LogP contribution < -0.4 is 15.0 Å². The molecule has 0 unspecified atom stereocenters. The van der Waals surface area contributed by atoms with Crippen molar-refractivity contribution in [3.8, 4) is 5.88 Å². The zero-order chi connectivity index (χ0) is 14.5. The molecule has 2 heterocycles. The number of anilines is 1. The lowest BCUT2D eigenvalue weighted by Gasteiger charge is -2.33. The first-order chi connectivity index (χ1) is 10.3. The number of ether oxygens (including phenoxy) is 1. The van der Waals surface area contributed by atoms with Crippen LogP contribution in [0.1, 0.15) is 39.0 Å². The first kappa shape index (κ1) is 14.6. The highest BCUT2D eigenvalue weighted by atomic mass is 16.5. The van der Waals surface area contributed by atoms with Gasteiger partial charge in [0.25, 0.3) is 0 Å². The van der Waals surface area contributed by atoms with E-state index in [9.17, 15) is 0 Å². The van der Waals surface area contributed by atoms with Crippen molar-refractivity contribution in [2.75, 3.05) is 31.1 Å². The quantitative estimate of drug-likeness (QED) is 0.834. The molecule has 116 valence electrons. The van der Waals surface area contributed by atoms with Gasteiger partial charge in [0.15, 0.2) is 0 Å². The van der Waals surface area contributed by atoms with E-state index in [0.29, 0.717) is 12.5 Å². The number of nitrogens with one attached hydrogen (secondary N) is 1. The summed E-state index contributed by atoms with van der Waals surface area (Å²) in [6.45, 7) is 6.17. The smallest absolute Gasteiger partial charge is 0.218 e. The third-order valence-corrected chi connectivity index (χ3v) is 4.29. The molecule has 0 bridgehead atoms. The van der Waals surface area contributed by atoms with Crippen LogP contribution in [0.15, 0.2) is 12.4 Å². The lowest BCUT2D eigenvalue weighted by molar-refractivity contribution is 0.304. The van der Waals surface area contributed by atoms with Crippen molar-refractivity contribution < 1.29 is 4.74 Å². The second-order valence-electron chi connectivity index (χ2n) is 6.18. The van der Waals surface area contributed by atoms with Crippen LogP contribution in [0.25, 0.3) is 0 Å². The summed E-state index contributed by atoms with van der Waals surface area (Å²) in [5, 5.41) is 3.65. The monoisotopic (exact) mass is 290 g/mol. The van der Waals surface area contributed by atoms with Gasteiger partial charge in [-0.15, -0.1) is 0 Å². The number of nitrogens with zero attached hydrogens (tertiary/aromatic N) is 3. The van der Waals surface area contributed by atoms with Gasteiger partial charge in [-0.2, -0.15) is 0 Å². The number of rotatable bonds is 7. The number of aromatic nitrogens is 2. The normalized spacial score (nSPS) is 19.8. The molecule has 1 N–H and O–H groups in total. The van der Waals surface area contributed by atoms with Crippen LogP contribution in [0.3, 0.4) is 0 Å². The fraction of sp³-hybridized carbons (Fsp3) is 0.750. The molecule has 0 aromatic carbocycles. The Morgan fingerprint density at radius 1 is 1.24 bits per heavy atom. The van der Waals surface area contributed by atoms with Crippen LogP contribution in [0, 0.1) is 5.92 Å². The Hall–Kier alpha value is -1.36. The molecule has 2 fully saturated rings. The van der Waals surface area contributed by atoms with Crippen molar-refractivity contribution >= 4 is 5.82 Å². The molecular formula is C16H26N4O. The van der Waals surface area contributed by atoms with Gasteiger partial charge in [0.1, 0.15) is 12.1 Å². The summed E-state index contributed by atoms with van der Waals surface area (Å²) in [6.07, 6.45) is 7.85. The van der Waals surface area contributed by atoms with E-state index in [0.717, 1.165) is 37.3 Å². The maximum Gasteiger partial charge on any atom is 0.218 e. The lowest BCUT2D eigenvalue weighted by Crippen LogP contribution is -2.38. The van der Waals surface area contributed by atoms with E-state index in [4.69, 9.17) is 4.74 Å². The molecule has 0 radical (unpaired) electrons. The highest BCUT2D eigenvalue weighted by Gasteiger charge is 2.24. The molecule has 0 atom stereocenters. The number of hydrogen-bond acceptors (Lipinski definition) is 5. The Bertz CT molecular complexity index is 442. The molecule has 5 nitrogen and oxygen atoms in total. The average molecular weight is 290 g/mol. The molecule has 1 saturated heterocycles. The molecule has 1 aromatic rings. The van der Waals surface area contributed by atoms with Gasteiger partial charge in [0.2, 0.25) is 5.88 Å². The number of piperidine rings is 1. The zero-order valence-electron chi connectivity index (χ0n) is 12.9. The SMILES string of the molecule is CCCOc1cc(N2CCC(CNC3CC3)CC2)ncn1. The Kier molecular flexibility index (Phi) is 4.91. The van der Waals surface area contributed by atoms with Gasteiger partial charge in [0, 0.05) is 25.2 Å². The van der Waals surface area contributed by atoms with Gasteiger partial charge in [-0.25, -0.2) is 9.97 Å². The largest absolute Gasteiger partial charge is 0.478 e. The summed E-state index contributed by atoms with van der Waals surface area (Å²) in [4.78, 5) is 10.9. The maximum absolute atomic E-state index is 5.59. The second-order valence-corrected chi connectivity index (χ2v) is 6.18. The summed E-state index contributed by atoms with van der Waals surface area (Å²) in [7, 11) is 0. The average Bonchev–Trinajstić information content (AvgIpc) is 3.36. The van der Waals surface area contributed by atoms with Gasteiger partial charge in [-0.3, -0.25) is 0 Å². The van der Waals surface area contributed by atoms with E-state index in [1.807, 2.05) is 6.07 Å². The Morgan fingerprint density at radius 3 is 2.76 bits per heavy atom. The lowest BCUT2D eigenvalue weighted by atomic mass is 9.97. The minimum atomic E-state index is 0.694. The Morgan fingerprint density at radius 2 is 2.05 bits per heavy atom. The molecule has 1 aliphatic heterocycles. The Labute approximate surface area is 127 Å². The molecule has 5 heteroatoms. The maximum atomic E-state index is 5.59. The van der Waals surface area contributed by atoms with Gasteiger partial charge in [-0.1, -0.05) is 6.92 Å². The van der Waals surface area contributed by atoms with E-state index in [1.165, 1.54) is 32.2 Å². The number of hydrogen-bond donors (Lipinski definition) is 1. The zero-order valence-corrected chi connectivity index (χ0v) is 12.9. The molecule has 0 amide bonds. The van der Waals surface area contributed by atoms with E-state index < -0.39 is 0 Å². The van der Waals surface area contributed by atoms with Crippen LogP contribution in [0.4, 0.5) is 5.82 Å². The summed E-state index contributed by atoms with van der Waals surface area (Å²) in [5.41, 5.74) is 0. The third-order valence-electron chi connectivity index (χ3n) is 4.29. The summed E-state index contributed by atoms with van der Waals surface area (Å²) < 4.78 is 5.59. The molecule has 0 spiro atoms. The molecule has 1 saturated carbocycles. The van der Waals surface area contributed by atoms with E-state index in [-0.39, 0.29) is 0 Å². The van der Waals surface area contributed by atoms with E-state index in [2.05, 4.69) is 27.1 Å². The molecule has 3 rings (SSSR count). The van der Waals surface area contributed by atoms with Gasteiger partial charge < -0.3 is 15.0 Å². The summed E-state index contributed by atoms with van der Waals surface area (Å²) in [6, 6.07) is 2.79.